The van der Waals surface area contributed by atoms with Crippen molar-refractivity contribution in [3.8, 4) is 0 Å². The lowest BCUT2D eigenvalue weighted by atomic mass is 10.2. The highest BCUT2D eigenvalue weighted by molar-refractivity contribution is 9.10. The summed E-state index contributed by atoms with van der Waals surface area (Å²) >= 11 is 4.90. The van der Waals surface area contributed by atoms with Crippen LogP contribution in [0.25, 0.3) is 0 Å². The van der Waals surface area contributed by atoms with Crippen LogP contribution in [-0.2, 0) is 14.8 Å². The topological polar surface area (TPSA) is 57.7 Å². The Morgan fingerprint density at radius 1 is 1.00 bits per heavy atom. The van der Waals surface area contributed by atoms with Gasteiger partial charge in [-0.3, -0.25) is 4.79 Å². The number of nitrogens with zero attached hydrogens (tertiary/aromatic N) is 2. The van der Waals surface area contributed by atoms with Crippen LogP contribution in [0.2, 0.25) is 0 Å². The van der Waals surface area contributed by atoms with Crippen molar-refractivity contribution in [1.29, 1.82) is 0 Å². The summed E-state index contributed by atoms with van der Waals surface area (Å²) in [6.07, 6.45) is 0.639. The smallest absolute Gasteiger partial charge is 0.243 e. The molecule has 0 atom stereocenters. The molecular weight excluding hydrogens is 460 g/mol. The van der Waals surface area contributed by atoms with Gasteiger partial charge >= 0.3 is 0 Å². The SMILES string of the molecule is Cc1ccc(S(=O)(=O)N2CCCN(C(=O)CSc3ccc(Br)cc3)CC2)cc1. The summed E-state index contributed by atoms with van der Waals surface area (Å²) in [6, 6.07) is 14.8. The molecule has 0 aliphatic carbocycles. The molecule has 150 valence electrons. The van der Waals surface area contributed by atoms with Gasteiger partial charge in [-0.25, -0.2) is 8.42 Å². The molecule has 5 nitrogen and oxygen atoms in total. The summed E-state index contributed by atoms with van der Waals surface area (Å²) in [5, 5.41) is 0. The number of carbonyl (C=O) groups is 1. The molecule has 1 saturated heterocycles. The first-order valence-corrected chi connectivity index (χ1v) is 12.3. The zero-order valence-electron chi connectivity index (χ0n) is 15.7. The minimum atomic E-state index is -3.52. The second kappa shape index (κ2) is 9.43. The average Bonchev–Trinajstić information content (AvgIpc) is 2.94. The van der Waals surface area contributed by atoms with Gasteiger partial charge in [0.25, 0.3) is 0 Å². The predicted octanol–water partition coefficient (Wildman–Crippen LogP) is 3.77. The maximum atomic E-state index is 12.9. The fraction of sp³-hybridized carbons (Fsp3) is 0.350. The van der Waals surface area contributed by atoms with Gasteiger partial charge in [0.05, 0.1) is 10.6 Å². The van der Waals surface area contributed by atoms with Gasteiger partial charge in [0, 0.05) is 35.5 Å². The summed E-state index contributed by atoms with van der Waals surface area (Å²) in [7, 11) is -3.52. The Morgan fingerprint density at radius 3 is 2.36 bits per heavy atom. The summed E-state index contributed by atoms with van der Waals surface area (Å²) in [5.74, 6) is 0.398. The number of hydrogen-bond acceptors (Lipinski definition) is 4. The zero-order chi connectivity index (χ0) is 20.1. The van der Waals surface area contributed by atoms with Crippen molar-refractivity contribution in [3.63, 3.8) is 0 Å². The van der Waals surface area contributed by atoms with E-state index in [1.54, 1.807) is 29.2 Å². The molecule has 0 spiro atoms. The largest absolute Gasteiger partial charge is 0.341 e. The molecule has 2 aromatic rings. The molecule has 0 bridgehead atoms. The quantitative estimate of drug-likeness (QED) is 0.608. The maximum absolute atomic E-state index is 12.9. The number of rotatable bonds is 5. The van der Waals surface area contributed by atoms with Crippen molar-refractivity contribution >= 4 is 43.6 Å². The Morgan fingerprint density at radius 2 is 1.68 bits per heavy atom. The third-order valence-electron chi connectivity index (χ3n) is 4.64. The van der Waals surface area contributed by atoms with Gasteiger partial charge in [0.15, 0.2) is 0 Å². The Hall–Kier alpha value is -1.35. The fourth-order valence-corrected chi connectivity index (χ4v) is 5.55. The summed E-state index contributed by atoms with van der Waals surface area (Å²) in [5.41, 5.74) is 1.02. The van der Waals surface area contributed by atoms with Gasteiger partial charge in [-0.1, -0.05) is 33.6 Å². The van der Waals surface area contributed by atoms with Gasteiger partial charge in [-0.2, -0.15) is 4.31 Å². The number of aryl methyl sites for hydroxylation is 1. The van der Waals surface area contributed by atoms with Crippen LogP contribution in [0.1, 0.15) is 12.0 Å². The minimum absolute atomic E-state index is 0.0440. The van der Waals surface area contributed by atoms with E-state index in [0.717, 1.165) is 14.9 Å². The number of hydrogen-bond donors (Lipinski definition) is 0. The second-order valence-electron chi connectivity index (χ2n) is 6.69. The molecule has 1 amide bonds. The van der Waals surface area contributed by atoms with Crippen LogP contribution in [0, 0.1) is 6.92 Å². The highest BCUT2D eigenvalue weighted by Crippen LogP contribution is 2.22. The van der Waals surface area contributed by atoms with E-state index in [2.05, 4.69) is 15.9 Å². The molecule has 0 radical (unpaired) electrons. The van der Waals surface area contributed by atoms with E-state index in [1.165, 1.54) is 16.1 Å². The van der Waals surface area contributed by atoms with Crippen LogP contribution < -0.4 is 0 Å². The molecule has 1 aliphatic rings. The minimum Gasteiger partial charge on any atom is -0.341 e. The summed E-state index contributed by atoms with van der Waals surface area (Å²) in [4.78, 5) is 15.7. The van der Waals surface area contributed by atoms with Gasteiger partial charge in [-0.15, -0.1) is 11.8 Å². The zero-order valence-corrected chi connectivity index (χ0v) is 18.9. The molecule has 0 saturated carbocycles. The van der Waals surface area contributed by atoms with Crippen molar-refractivity contribution in [3.05, 3.63) is 58.6 Å². The van der Waals surface area contributed by atoms with E-state index >= 15 is 0 Å². The van der Waals surface area contributed by atoms with E-state index in [9.17, 15) is 13.2 Å². The monoisotopic (exact) mass is 482 g/mol. The van der Waals surface area contributed by atoms with E-state index in [0.29, 0.717) is 43.2 Å². The number of sulfonamides is 1. The Kier molecular flexibility index (Phi) is 7.20. The molecule has 0 unspecified atom stereocenters. The van der Waals surface area contributed by atoms with Crippen LogP contribution >= 0.6 is 27.7 Å². The first kappa shape index (κ1) is 21.4. The van der Waals surface area contributed by atoms with Crippen molar-refractivity contribution in [2.45, 2.75) is 23.1 Å². The standard InChI is InChI=1S/C20H23BrN2O3S2/c1-16-3-9-19(10-4-16)28(25,26)23-12-2-11-22(13-14-23)20(24)15-27-18-7-5-17(21)6-8-18/h3-10H,2,11-15H2,1H3. The first-order valence-electron chi connectivity index (χ1n) is 9.09. The Bertz CT molecular complexity index is 915. The lowest BCUT2D eigenvalue weighted by molar-refractivity contribution is -0.128. The van der Waals surface area contributed by atoms with Crippen LogP contribution in [0.15, 0.2) is 62.8 Å². The third-order valence-corrected chi connectivity index (χ3v) is 8.08. The lowest BCUT2D eigenvalue weighted by Gasteiger charge is -2.22. The molecule has 1 heterocycles. The molecular formula is C20H23BrN2O3S2. The number of carbonyl (C=O) groups excluding carboxylic acids is 1. The van der Waals surface area contributed by atoms with Crippen LogP contribution in [0.5, 0.6) is 0 Å². The predicted molar refractivity (Wildman–Crippen MR) is 116 cm³/mol. The molecule has 0 N–H and O–H groups in total. The number of amides is 1. The normalized spacial score (nSPS) is 16.0. The van der Waals surface area contributed by atoms with Crippen molar-refractivity contribution in [2.75, 3.05) is 31.9 Å². The molecule has 3 rings (SSSR count). The molecule has 28 heavy (non-hydrogen) atoms. The Balaban J connectivity index is 1.58. The molecule has 8 heteroatoms. The molecule has 2 aromatic carbocycles. The van der Waals surface area contributed by atoms with Crippen LogP contribution in [0.3, 0.4) is 0 Å². The molecule has 1 fully saturated rings. The fourth-order valence-electron chi connectivity index (χ4n) is 3.01. The van der Waals surface area contributed by atoms with E-state index in [-0.39, 0.29) is 5.91 Å². The van der Waals surface area contributed by atoms with Crippen LogP contribution in [-0.4, -0.2) is 55.5 Å². The lowest BCUT2D eigenvalue weighted by Crippen LogP contribution is -2.38. The van der Waals surface area contributed by atoms with Gasteiger partial charge < -0.3 is 4.90 Å². The summed E-state index contributed by atoms with van der Waals surface area (Å²) in [6.45, 7) is 3.69. The van der Waals surface area contributed by atoms with Gasteiger partial charge in [0.1, 0.15) is 0 Å². The number of benzene rings is 2. The van der Waals surface area contributed by atoms with Crippen LogP contribution in [0.4, 0.5) is 0 Å². The van der Waals surface area contributed by atoms with Crippen molar-refractivity contribution in [1.82, 2.24) is 9.21 Å². The third kappa shape index (κ3) is 5.37. The molecule has 1 aliphatic heterocycles. The number of thioether (sulfide) groups is 1. The van der Waals surface area contributed by atoms with E-state index < -0.39 is 10.0 Å². The molecule has 0 aromatic heterocycles. The van der Waals surface area contributed by atoms with E-state index in [4.69, 9.17) is 0 Å². The van der Waals surface area contributed by atoms with Gasteiger partial charge in [0.2, 0.25) is 15.9 Å². The first-order chi connectivity index (χ1) is 13.4. The number of halogens is 1. The average molecular weight is 483 g/mol. The highest BCUT2D eigenvalue weighted by atomic mass is 79.9. The maximum Gasteiger partial charge on any atom is 0.243 e. The van der Waals surface area contributed by atoms with Crippen molar-refractivity contribution < 1.29 is 13.2 Å². The van der Waals surface area contributed by atoms with Gasteiger partial charge in [-0.05, 0) is 49.7 Å². The second-order valence-corrected chi connectivity index (χ2v) is 10.6. The highest BCUT2D eigenvalue weighted by Gasteiger charge is 2.28. The van der Waals surface area contributed by atoms with E-state index in [1.807, 2.05) is 31.2 Å². The Labute approximate surface area is 179 Å². The summed E-state index contributed by atoms with van der Waals surface area (Å²) < 4.78 is 28.3. The van der Waals surface area contributed by atoms with Crippen molar-refractivity contribution in [2.24, 2.45) is 0 Å².